The molecule has 0 saturated heterocycles. The van der Waals surface area contributed by atoms with Gasteiger partial charge in [-0.2, -0.15) is 0 Å². The number of hydrogen-bond donors (Lipinski definition) is 1. The molecule has 4 heteroatoms. The Morgan fingerprint density at radius 2 is 1.62 bits per heavy atom. The zero-order valence-corrected chi connectivity index (χ0v) is 15.7. The molecule has 134 valence electrons. The lowest BCUT2D eigenvalue weighted by Crippen LogP contribution is -2.59. The molecule has 0 unspecified atom stereocenters. The molecule has 4 fully saturated rings. The number of hydrogen-bond acceptors (Lipinski definition) is 3. The fraction of sp³-hybridized carbons (Fsp3) is 0.455. The molecule has 4 aliphatic carbocycles. The zero-order chi connectivity index (χ0) is 17.6. The molecule has 6 rings (SSSR count). The van der Waals surface area contributed by atoms with Crippen LogP contribution in [0.15, 0.2) is 58.6 Å². The summed E-state index contributed by atoms with van der Waals surface area (Å²) in [5.41, 5.74) is 0.744. The van der Waals surface area contributed by atoms with Crippen LogP contribution in [0.3, 0.4) is 0 Å². The highest BCUT2D eigenvalue weighted by molar-refractivity contribution is 7.99. The molecule has 26 heavy (non-hydrogen) atoms. The maximum absolute atomic E-state index is 13.2. The minimum absolute atomic E-state index is 0.0381. The lowest BCUT2D eigenvalue weighted by atomic mass is 9.53. The molecule has 3 nitrogen and oxygen atoms in total. The van der Waals surface area contributed by atoms with E-state index in [0.717, 1.165) is 27.7 Å². The molecule has 0 aliphatic heterocycles. The average Bonchev–Trinajstić information content (AvgIpc) is 2.61. The normalized spacial score (nSPS) is 31.8. The third-order valence-electron chi connectivity index (χ3n) is 6.39. The van der Waals surface area contributed by atoms with Crippen molar-refractivity contribution in [2.45, 2.75) is 54.0 Å². The van der Waals surface area contributed by atoms with Gasteiger partial charge in [-0.1, -0.05) is 30.0 Å². The molecule has 4 bridgehead atoms. The highest BCUT2D eigenvalue weighted by Gasteiger charge is 2.51. The summed E-state index contributed by atoms with van der Waals surface area (Å²) in [7, 11) is 0. The van der Waals surface area contributed by atoms with Crippen LogP contribution < -0.4 is 5.32 Å². The second-order valence-electron chi connectivity index (χ2n) is 8.42. The predicted molar refractivity (Wildman–Crippen MR) is 103 cm³/mol. The fourth-order valence-corrected chi connectivity index (χ4v) is 6.72. The Kier molecular flexibility index (Phi) is 4.04. The lowest BCUT2D eigenvalue weighted by molar-refractivity contribution is -0.0167. The number of amides is 1. The number of nitrogens with zero attached hydrogens (tertiary/aromatic N) is 1. The summed E-state index contributed by atoms with van der Waals surface area (Å²) in [5, 5.41) is 4.27. The molecule has 2 aromatic rings. The molecule has 1 aromatic carbocycles. The number of aromatic nitrogens is 1. The Hall–Kier alpha value is -1.81. The largest absolute Gasteiger partial charge is 0.346 e. The molecule has 0 spiro atoms. The van der Waals surface area contributed by atoms with Crippen LogP contribution in [0.1, 0.15) is 48.9 Å². The van der Waals surface area contributed by atoms with Gasteiger partial charge in [-0.25, -0.2) is 4.98 Å². The lowest BCUT2D eigenvalue weighted by Gasteiger charge is -2.56. The van der Waals surface area contributed by atoms with Gasteiger partial charge in [0.25, 0.3) is 5.91 Å². The number of nitrogens with one attached hydrogen (secondary N) is 1. The van der Waals surface area contributed by atoms with Crippen molar-refractivity contribution in [3.8, 4) is 0 Å². The number of carbonyl (C=O) groups excluding carboxylic acids is 1. The zero-order valence-electron chi connectivity index (χ0n) is 14.9. The minimum atomic E-state index is 0.0381. The van der Waals surface area contributed by atoms with Crippen LogP contribution >= 0.6 is 11.8 Å². The summed E-state index contributed by atoms with van der Waals surface area (Å²) in [6.07, 6.45) is 9.45. The molecule has 0 atom stereocenters. The molecule has 4 saturated carbocycles. The van der Waals surface area contributed by atoms with Crippen molar-refractivity contribution in [3.05, 3.63) is 54.2 Å². The van der Waals surface area contributed by atoms with Crippen molar-refractivity contribution in [1.29, 1.82) is 0 Å². The SMILES string of the molecule is O=C(NC12CC3CC(CC(C3)C1)C2)c1cccnc1Sc1ccccc1. The molecule has 4 aliphatic rings. The molecule has 1 N–H and O–H groups in total. The van der Waals surface area contributed by atoms with Gasteiger partial charge in [-0.15, -0.1) is 0 Å². The van der Waals surface area contributed by atoms with E-state index in [1.54, 1.807) is 18.0 Å². The standard InChI is InChI=1S/C22H24N2OS/c25-20(24-22-12-15-9-16(13-22)11-17(10-15)14-22)19-7-4-8-23-21(19)26-18-5-2-1-3-6-18/h1-8,15-17H,9-14H2,(H,24,25). The third-order valence-corrected chi connectivity index (χ3v) is 7.42. The summed E-state index contributed by atoms with van der Waals surface area (Å²) in [6.45, 7) is 0. The van der Waals surface area contributed by atoms with Crippen molar-refractivity contribution in [3.63, 3.8) is 0 Å². The summed E-state index contributed by atoms with van der Waals surface area (Å²) in [6, 6.07) is 13.9. The van der Waals surface area contributed by atoms with Gasteiger partial charge in [0.05, 0.1) is 5.56 Å². The molecular weight excluding hydrogens is 340 g/mol. The average molecular weight is 365 g/mol. The number of pyridine rings is 1. The van der Waals surface area contributed by atoms with Crippen LogP contribution in [0.5, 0.6) is 0 Å². The van der Waals surface area contributed by atoms with E-state index in [-0.39, 0.29) is 11.4 Å². The Morgan fingerprint density at radius 3 is 2.27 bits per heavy atom. The van der Waals surface area contributed by atoms with Crippen molar-refractivity contribution >= 4 is 17.7 Å². The van der Waals surface area contributed by atoms with Crippen molar-refractivity contribution in [2.75, 3.05) is 0 Å². The molecule has 1 heterocycles. The second-order valence-corrected chi connectivity index (χ2v) is 9.49. The van der Waals surface area contributed by atoms with E-state index in [1.165, 1.54) is 38.5 Å². The van der Waals surface area contributed by atoms with E-state index in [4.69, 9.17) is 0 Å². The second kappa shape index (κ2) is 6.41. The first-order chi connectivity index (χ1) is 12.7. The van der Waals surface area contributed by atoms with Gasteiger partial charge in [-0.05, 0) is 80.5 Å². The first kappa shape index (κ1) is 16.4. The summed E-state index contributed by atoms with van der Waals surface area (Å²) >= 11 is 1.56. The Balaban J connectivity index is 1.38. The Morgan fingerprint density at radius 1 is 0.962 bits per heavy atom. The minimum Gasteiger partial charge on any atom is -0.346 e. The van der Waals surface area contributed by atoms with E-state index in [0.29, 0.717) is 5.56 Å². The summed E-state index contributed by atoms with van der Waals surface area (Å²) in [5.74, 6) is 2.54. The highest BCUT2D eigenvalue weighted by atomic mass is 32.2. The third kappa shape index (κ3) is 3.05. The van der Waals surface area contributed by atoms with Gasteiger partial charge in [0.2, 0.25) is 0 Å². The van der Waals surface area contributed by atoms with Crippen LogP contribution in [-0.4, -0.2) is 16.4 Å². The van der Waals surface area contributed by atoms with Gasteiger partial charge in [-0.3, -0.25) is 4.79 Å². The predicted octanol–water partition coefficient (Wildman–Crippen LogP) is 4.93. The van der Waals surface area contributed by atoms with E-state index >= 15 is 0 Å². The van der Waals surface area contributed by atoms with Crippen molar-refractivity contribution in [1.82, 2.24) is 10.3 Å². The van der Waals surface area contributed by atoms with Crippen molar-refractivity contribution < 1.29 is 4.79 Å². The van der Waals surface area contributed by atoms with Crippen LogP contribution in [0.2, 0.25) is 0 Å². The van der Waals surface area contributed by atoms with Gasteiger partial charge >= 0.3 is 0 Å². The molecular formula is C22H24N2OS. The quantitative estimate of drug-likeness (QED) is 0.836. The van der Waals surface area contributed by atoms with Crippen LogP contribution in [0, 0.1) is 17.8 Å². The number of rotatable bonds is 4. The topological polar surface area (TPSA) is 42.0 Å². The highest BCUT2D eigenvalue weighted by Crippen LogP contribution is 2.55. The van der Waals surface area contributed by atoms with Gasteiger partial charge < -0.3 is 5.32 Å². The van der Waals surface area contributed by atoms with E-state index in [9.17, 15) is 4.79 Å². The van der Waals surface area contributed by atoms with Gasteiger partial charge in [0.1, 0.15) is 5.03 Å². The fourth-order valence-electron chi connectivity index (χ4n) is 5.82. The Bertz CT molecular complexity index is 785. The summed E-state index contributed by atoms with van der Waals surface area (Å²) < 4.78 is 0. The van der Waals surface area contributed by atoms with Crippen LogP contribution in [-0.2, 0) is 0 Å². The smallest absolute Gasteiger partial charge is 0.254 e. The van der Waals surface area contributed by atoms with Gasteiger partial charge in [0, 0.05) is 16.6 Å². The molecule has 1 aromatic heterocycles. The first-order valence-corrected chi connectivity index (χ1v) is 10.5. The van der Waals surface area contributed by atoms with E-state index in [1.807, 2.05) is 30.3 Å². The summed E-state index contributed by atoms with van der Waals surface area (Å²) in [4.78, 5) is 18.8. The number of carbonyl (C=O) groups is 1. The maximum atomic E-state index is 13.2. The first-order valence-electron chi connectivity index (χ1n) is 9.70. The van der Waals surface area contributed by atoms with E-state index < -0.39 is 0 Å². The Labute approximate surface area is 159 Å². The van der Waals surface area contributed by atoms with Crippen molar-refractivity contribution in [2.24, 2.45) is 17.8 Å². The van der Waals surface area contributed by atoms with Crippen LogP contribution in [0.25, 0.3) is 0 Å². The number of benzene rings is 1. The monoisotopic (exact) mass is 364 g/mol. The van der Waals surface area contributed by atoms with Gasteiger partial charge in [0.15, 0.2) is 0 Å². The molecule has 0 radical (unpaired) electrons. The van der Waals surface area contributed by atoms with E-state index in [2.05, 4.69) is 22.4 Å². The molecule has 1 amide bonds. The maximum Gasteiger partial charge on any atom is 0.254 e. The van der Waals surface area contributed by atoms with Crippen LogP contribution in [0.4, 0.5) is 0 Å².